The van der Waals surface area contributed by atoms with Gasteiger partial charge in [0.05, 0.1) is 6.61 Å². The molecule has 5 atom stereocenters. The van der Waals surface area contributed by atoms with E-state index in [1.54, 1.807) is 27.7 Å². The van der Waals surface area contributed by atoms with Gasteiger partial charge in [0, 0.05) is 0 Å². The summed E-state index contributed by atoms with van der Waals surface area (Å²) in [7, 11) is -5.75. The largest absolute Gasteiger partial charge is 0.523 e. The summed E-state index contributed by atoms with van der Waals surface area (Å²) >= 11 is 0. The molecule has 3 saturated heterocycles. The molecule has 0 spiro atoms. The SMILES string of the molecule is CC1(C)OC2C3OC(C)(C)O[C@H]3C(COS(=O)(=O)C(F)(F)F)O[C@@H]2O1. The van der Waals surface area contributed by atoms with Crippen molar-refractivity contribution in [2.24, 2.45) is 0 Å². The highest BCUT2D eigenvalue weighted by Gasteiger charge is 2.61. The van der Waals surface area contributed by atoms with Crippen LogP contribution >= 0.6 is 0 Å². The van der Waals surface area contributed by atoms with E-state index in [9.17, 15) is 21.6 Å². The third-order valence-corrected chi connectivity index (χ3v) is 4.94. The summed E-state index contributed by atoms with van der Waals surface area (Å²) in [5.74, 6) is -2.05. The fourth-order valence-corrected chi connectivity index (χ4v) is 3.50. The molecular formula is C13H19F3O8S. The molecule has 0 radical (unpaired) electrons. The molecule has 3 aliphatic heterocycles. The van der Waals surface area contributed by atoms with E-state index >= 15 is 0 Å². The summed E-state index contributed by atoms with van der Waals surface area (Å²) in [6, 6.07) is 0. The van der Waals surface area contributed by atoms with Crippen LogP contribution in [0.1, 0.15) is 27.7 Å². The zero-order valence-corrected chi connectivity index (χ0v) is 14.7. The minimum absolute atomic E-state index is 0.669. The van der Waals surface area contributed by atoms with E-state index < -0.39 is 64.5 Å². The van der Waals surface area contributed by atoms with Gasteiger partial charge in [-0.05, 0) is 27.7 Å². The highest BCUT2D eigenvalue weighted by molar-refractivity contribution is 7.87. The molecule has 12 heteroatoms. The lowest BCUT2D eigenvalue weighted by Crippen LogP contribution is -2.56. The van der Waals surface area contributed by atoms with Crippen LogP contribution in [0.15, 0.2) is 0 Å². The first-order valence-corrected chi connectivity index (χ1v) is 8.94. The van der Waals surface area contributed by atoms with Crippen LogP contribution in [0.3, 0.4) is 0 Å². The van der Waals surface area contributed by atoms with E-state index in [4.69, 9.17) is 23.7 Å². The van der Waals surface area contributed by atoms with Crippen molar-refractivity contribution in [3.05, 3.63) is 0 Å². The lowest BCUT2D eigenvalue weighted by molar-refractivity contribution is -0.238. The van der Waals surface area contributed by atoms with E-state index in [2.05, 4.69) is 4.18 Å². The molecule has 25 heavy (non-hydrogen) atoms. The van der Waals surface area contributed by atoms with Crippen LogP contribution in [0, 0.1) is 0 Å². The van der Waals surface area contributed by atoms with Crippen LogP contribution < -0.4 is 0 Å². The Morgan fingerprint density at radius 2 is 1.44 bits per heavy atom. The number of halogens is 3. The fourth-order valence-electron chi connectivity index (χ4n) is 3.05. The van der Waals surface area contributed by atoms with Gasteiger partial charge in [-0.15, -0.1) is 0 Å². The number of hydrogen-bond donors (Lipinski definition) is 0. The third-order valence-electron chi connectivity index (χ3n) is 3.92. The Balaban J connectivity index is 1.78. The second kappa shape index (κ2) is 5.75. The monoisotopic (exact) mass is 392 g/mol. The van der Waals surface area contributed by atoms with Gasteiger partial charge in [-0.1, -0.05) is 0 Å². The quantitative estimate of drug-likeness (QED) is 0.524. The molecule has 3 rings (SSSR count). The first kappa shape index (κ1) is 19.3. The van der Waals surface area contributed by atoms with E-state index in [0.717, 1.165) is 0 Å². The van der Waals surface area contributed by atoms with Gasteiger partial charge in [-0.25, -0.2) is 0 Å². The third kappa shape index (κ3) is 3.66. The summed E-state index contributed by atoms with van der Waals surface area (Å²) in [5.41, 5.74) is -5.52. The maximum absolute atomic E-state index is 12.4. The fraction of sp³-hybridized carbons (Fsp3) is 1.00. The second-order valence-electron chi connectivity index (χ2n) is 6.89. The first-order valence-electron chi connectivity index (χ1n) is 7.53. The number of hydrogen-bond acceptors (Lipinski definition) is 8. The summed E-state index contributed by atoms with van der Waals surface area (Å²) in [6.07, 6.45) is -4.36. The molecule has 0 N–H and O–H groups in total. The van der Waals surface area contributed by atoms with Gasteiger partial charge in [0.25, 0.3) is 0 Å². The Morgan fingerprint density at radius 1 is 0.920 bits per heavy atom. The molecule has 0 aromatic heterocycles. The van der Waals surface area contributed by atoms with Crippen LogP contribution in [0.2, 0.25) is 0 Å². The van der Waals surface area contributed by atoms with E-state index in [1.807, 2.05) is 0 Å². The van der Waals surface area contributed by atoms with Crippen molar-refractivity contribution in [2.75, 3.05) is 6.61 Å². The maximum atomic E-state index is 12.4. The molecule has 3 unspecified atom stereocenters. The summed E-state index contributed by atoms with van der Waals surface area (Å²) in [4.78, 5) is 0. The average Bonchev–Trinajstić information content (AvgIpc) is 2.89. The van der Waals surface area contributed by atoms with Crippen molar-refractivity contribution < 1.29 is 49.5 Å². The standard InChI is InChI=1S/C13H19F3O8S/c1-11(2)21-7-6(5-19-25(17,18)13(14,15)16)20-10-9(8(7)22-11)23-12(3,4)24-10/h6-10H,5H2,1-4H3/t6?,7-,8?,9?,10+/m0/s1. The van der Waals surface area contributed by atoms with Crippen LogP contribution in [0.5, 0.6) is 0 Å². The van der Waals surface area contributed by atoms with E-state index in [0.29, 0.717) is 0 Å². The van der Waals surface area contributed by atoms with Gasteiger partial charge in [0.15, 0.2) is 17.9 Å². The van der Waals surface area contributed by atoms with E-state index in [-0.39, 0.29) is 0 Å². The molecule has 3 aliphatic rings. The normalized spacial score (nSPS) is 39.9. The highest BCUT2D eigenvalue weighted by atomic mass is 32.2. The molecule has 8 nitrogen and oxygen atoms in total. The van der Waals surface area contributed by atoms with Crippen LogP contribution in [0.25, 0.3) is 0 Å². The van der Waals surface area contributed by atoms with Crippen molar-refractivity contribution in [1.82, 2.24) is 0 Å². The molecule has 3 fully saturated rings. The molecule has 3 heterocycles. The van der Waals surface area contributed by atoms with Gasteiger partial charge in [-0.2, -0.15) is 21.6 Å². The first-order chi connectivity index (χ1) is 11.2. The predicted octanol–water partition coefficient (Wildman–Crippen LogP) is 1.25. The minimum atomic E-state index is -5.75. The number of alkyl halides is 3. The summed E-state index contributed by atoms with van der Waals surface area (Å²) < 4.78 is 91.9. The average molecular weight is 392 g/mol. The Kier molecular flexibility index (Phi) is 4.43. The van der Waals surface area contributed by atoms with Crippen LogP contribution in [-0.2, 0) is 38.0 Å². The number of rotatable bonds is 3. The zero-order valence-electron chi connectivity index (χ0n) is 13.9. The maximum Gasteiger partial charge on any atom is 0.523 e. The summed E-state index contributed by atoms with van der Waals surface area (Å²) in [6.45, 7) is 5.63. The molecule has 146 valence electrons. The highest BCUT2D eigenvalue weighted by Crippen LogP contribution is 2.44. The van der Waals surface area contributed by atoms with Crippen LogP contribution in [0.4, 0.5) is 13.2 Å². The minimum Gasteiger partial charge on any atom is -0.342 e. The second-order valence-corrected chi connectivity index (χ2v) is 8.50. The zero-order chi connectivity index (χ0) is 18.8. The molecule has 0 saturated carbocycles. The van der Waals surface area contributed by atoms with Crippen molar-refractivity contribution in [1.29, 1.82) is 0 Å². The van der Waals surface area contributed by atoms with Crippen molar-refractivity contribution >= 4 is 10.1 Å². The van der Waals surface area contributed by atoms with Gasteiger partial charge < -0.3 is 23.7 Å². The molecular weight excluding hydrogens is 373 g/mol. The van der Waals surface area contributed by atoms with Gasteiger partial charge in [-0.3, -0.25) is 4.18 Å². The van der Waals surface area contributed by atoms with Crippen molar-refractivity contribution in [3.63, 3.8) is 0 Å². The molecule has 0 aliphatic carbocycles. The van der Waals surface area contributed by atoms with Crippen molar-refractivity contribution in [2.45, 2.75) is 75.5 Å². The van der Waals surface area contributed by atoms with Crippen LogP contribution in [-0.4, -0.2) is 62.8 Å². The van der Waals surface area contributed by atoms with E-state index in [1.165, 1.54) is 0 Å². The Bertz CT molecular complexity index is 632. The lowest BCUT2D eigenvalue weighted by atomic mass is 9.99. The van der Waals surface area contributed by atoms with Crippen molar-refractivity contribution in [3.8, 4) is 0 Å². The van der Waals surface area contributed by atoms with Gasteiger partial charge in [0.2, 0.25) is 0 Å². The topological polar surface area (TPSA) is 89.5 Å². The van der Waals surface area contributed by atoms with Gasteiger partial charge in [0.1, 0.15) is 24.4 Å². The predicted molar refractivity (Wildman–Crippen MR) is 73.4 cm³/mol. The Hall–Kier alpha value is -0.500. The molecule has 0 aromatic rings. The van der Waals surface area contributed by atoms with Gasteiger partial charge >= 0.3 is 15.6 Å². The number of ether oxygens (including phenoxy) is 5. The molecule has 0 amide bonds. The molecule has 0 aromatic carbocycles. The number of fused-ring (bicyclic) bond motifs is 3. The summed E-state index contributed by atoms with van der Waals surface area (Å²) in [5, 5.41) is 0. The Labute approximate surface area is 142 Å². The molecule has 0 bridgehead atoms. The smallest absolute Gasteiger partial charge is 0.342 e. The Morgan fingerprint density at radius 3 is 2.04 bits per heavy atom. The lowest BCUT2D eigenvalue weighted by Gasteiger charge is -2.36.